The maximum atomic E-state index is 4.28. The van der Waals surface area contributed by atoms with Gasteiger partial charge in [-0.3, -0.25) is 0 Å². The zero-order valence-electron chi connectivity index (χ0n) is 10.0. The van der Waals surface area contributed by atoms with Crippen LogP contribution in [0, 0.1) is 5.41 Å². The molecule has 1 saturated carbocycles. The molecule has 0 aliphatic heterocycles. The van der Waals surface area contributed by atoms with E-state index in [1.54, 1.807) is 12.7 Å². The van der Waals surface area contributed by atoms with Crippen LogP contribution in [0.5, 0.6) is 0 Å². The Labute approximate surface area is 100 Å². The van der Waals surface area contributed by atoms with Crippen LogP contribution in [0.1, 0.15) is 32.6 Å². The third-order valence-corrected chi connectivity index (χ3v) is 4.02. The highest BCUT2D eigenvalue weighted by Crippen LogP contribution is 2.43. The van der Waals surface area contributed by atoms with Crippen LogP contribution in [-0.4, -0.2) is 26.5 Å². The molecule has 5 nitrogen and oxygen atoms in total. The molecule has 0 amide bonds. The highest BCUT2D eigenvalue weighted by molar-refractivity contribution is 5.81. The van der Waals surface area contributed by atoms with Gasteiger partial charge in [0, 0.05) is 6.54 Å². The minimum absolute atomic E-state index is 0.483. The summed E-state index contributed by atoms with van der Waals surface area (Å²) in [6.07, 6.45) is 8.46. The average molecular weight is 231 g/mol. The smallest absolute Gasteiger partial charge is 0.182 e. The van der Waals surface area contributed by atoms with E-state index in [4.69, 9.17) is 0 Å². The van der Waals surface area contributed by atoms with Crippen molar-refractivity contribution in [2.24, 2.45) is 5.41 Å². The number of nitrogens with one attached hydrogen (secondary N) is 2. The number of hydrogen-bond donors (Lipinski definition) is 2. The second-order valence-electron chi connectivity index (χ2n) is 4.88. The van der Waals surface area contributed by atoms with E-state index in [1.807, 2.05) is 0 Å². The molecule has 2 aromatic rings. The Balaban J connectivity index is 1.78. The molecule has 0 atom stereocenters. The van der Waals surface area contributed by atoms with Crippen LogP contribution in [0.4, 0.5) is 5.82 Å². The summed E-state index contributed by atoms with van der Waals surface area (Å²) in [6, 6.07) is 0. The molecule has 0 saturated heterocycles. The molecule has 1 aliphatic rings. The summed E-state index contributed by atoms with van der Waals surface area (Å²) in [7, 11) is 0. The molecule has 2 heterocycles. The molecular formula is C12H17N5. The Morgan fingerprint density at radius 1 is 1.35 bits per heavy atom. The normalized spacial score (nSPS) is 17.9. The summed E-state index contributed by atoms with van der Waals surface area (Å²) in [5, 5.41) is 3.45. The molecule has 5 heteroatoms. The molecule has 90 valence electrons. The maximum absolute atomic E-state index is 4.28. The number of imidazole rings is 1. The number of fused-ring (bicyclic) bond motifs is 1. The summed E-state index contributed by atoms with van der Waals surface area (Å²) in [4.78, 5) is 15.6. The van der Waals surface area contributed by atoms with Crippen molar-refractivity contribution in [3.63, 3.8) is 0 Å². The number of aromatic nitrogens is 4. The highest BCUT2D eigenvalue weighted by Gasteiger charge is 2.34. The quantitative estimate of drug-likeness (QED) is 0.847. The monoisotopic (exact) mass is 231 g/mol. The topological polar surface area (TPSA) is 66.5 Å². The molecule has 0 radical (unpaired) electrons. The van der Waals surface area contributed by atoms with Gasteiger partial charge in [0.15, 0.2) is 11.5 Å². The first kappa shape index (κ1) is 10.5. The van der Waals surface area contributed by atoms with E-state index in [1.165, 1.54) is 25.7 Å². The van der Waals surface area contributed by atoms with Gasteiger partial charge in [-0.1, -0.05) is 13.3 Å². The number of H-pyrrole nitrogens is 1. The fourth-order valence-corrected chi connectivity index (χ4v) is 2.50. The van der Waals surface area contributed by atoms with Crippen molar-refractivity contribution in [3.05, 3.63) is 12.7 Å². The Morgan fingerprint density at radius 2 is 2.24 bits per heavy atom. The summed E-state index contributed by atoms with van der Waals surface area (Å²) >= 11 is 0. The van der Waals surface area contributed by atoms with Crippen LogP contribution in [-0.2, 0) is 0 Å². The summed E-state index contributed by atoms with van der Waals surface area (Å²) in [6.45, 7) is 3.27. The van der Waals surface area contributed by atoms with E-state index in [-0.39, 0.29) is 0 Å². The van der Waals surface area contributed by atoms with Crippen LogP contribution in [0.2, 0.25) is 0 Å². The van der Waals surface area contributed by atoms with Crippen LogP contribution >= 0.6 is 0 Å². The number of rotatable bonds is 4. The van der Waals surface area contributed by atoms with Crippen LogP contribution < -0.4 is 5.32 Å². The third kappa shape index (κ3) is 1.75. The van der Waals surface area contributed by atoms with Crippen molar-refractivity contribution in [1.29, 1.82) is 0 Å². The SMILES string of the molecule is CCC1(CNc2ncnc3nc[nH]c23)CCC1. The van der Waals surface area contributed by atoms with E-state index in [9.17, 15) is 0 Å². The van der Waals surface area contributed by atoms with Gasteiger partial charge in [0.05, 0.1) is 6.33 Å². The molecule has 1 aliphatic carbocycles. The predicted octanol–water partition coefficient (Wildman–Crippen LogP) is 2.35. The first-order valence-corrected chi connectivity index (χ1v) is 6.21. The Kier molecular flexibility index (Phi) is 2.46. The zero-order valence-corrected chi connectivity index (χ0v) is 10.0. The molecule has 17 heavy (non-hydrogen) atoms. The first-order valence-electron chi connectivity index (χ1n) is 6.21. The molecule has 0 spiro atoms. The molecular weight excluding hydrogens is 214 g/mol. The molecule has 0 aromatic carbocycles. The highest BCUT2D eigenvalue weighted by atomic mass is 15.1. The van der Waals surface area contributed by atoms with E-state index in [0.29, 0.717) is 5.41 Å². The molecule has 0 unspecified atom stereocenters. The predicted molar refractivity (Wildman–Crippen MR) is 66.7 cm³/mol. The van der Waals surface area contributed by atoms with Gasteiger partial charge in [-0.05, 0) is 24.7 Å². The fourth-order valence-electron chi connectivity index (χ4n) is 2.50. The van der Waals surface area contributed by atoms with Gasteiger partial charge in [-0.2, -0.15) is 0 Å². The number of nitrogens with zero attached hydrogens (tertiary/aromatic N) is 3. The molecule has 1 fully saturated rings. The number of aromatic amines is 1. The summed E-state index contributed by atoms with van der Waals surface area (Å²) in [5.74, 6) is 0.868. The summed E-state index contributed by atoms with van der Waals surface area (Å²) < 4.78 is 0. The van der Waals surface area contributed by atoms with Crippen LogP contribution in [0.15, 0.2) is 12.7 Å². The van der Waals surface area contributed by atoms with E-state index < -0.39 is 0 Å². The lowest BCUT2D eigenvalue weighted by atomic mass is 9.67. The van der Waals surface area contributed by atoms with E-state index >= 15 is 0 Å². The number of hydrogen-bond acceptors (Lipinski definition) is 4. The van der Waals surface area contributed by atoms with E-state index in [0.717, 1.165) is 23.5 Å². The largest absolute Gasteiger partial charge is 0.368 e. The van der Waals surface area contributed by atoms with Crippen molar-refractivity contribution >= 4 is 17.0 Å². The minimum Gasteiger partial charge on any atom is -0.368 e. The van der Waals surface area contributed by atoms with Gasteiger partial charge in [0.2, 0.25) is 0 Å². The van der Waals surface area contributed by atoms with Crippen molar-refractivity contribution in [2.75, 3.05) is 11.9 Å². The van der Waals surface area contributed by atoms with Gasteiger partial charge < -0.3 is 10.3 Å². The molecule has 2 N–H and O–H groups in total. The van der Waals surface area contributed by atoms with Gasteiger partial charge in [0.25, 0.3) is 0 Å². The minimum atomic E-state index is 0.483. The lowest BCUT2D eigenvalue weighted by molar-refractivity contribution is 0.145. The zero-order chi connectivity index (χ0) is 11.7. The standard InChI is InChI=1S/C12H17N5/c1-2-12(4-3-5-12)6-13-10-9-11(15-7-14-9)17-8-16-10/h7-8H,2-6H2,1H3,(H2,13,14,15,16,17). The van der Waals surface area contributed by atoms with Gasteiger partial charge in [-0.15, -0.1) is 0 Å². The first-order chi connectivity index (χ1) is 8.33. The Hall–Kier alpha value is -1.65. The Bertz CT molecular complexity index is 509. The van der Waals surface area contributed by atoms with Crippen molar-refractivity contribution < 1.29 is 0 Å². The van der Waals surface area contributed by atoms with Crippen molar-refractivity contribution in [1.82, 2.24) is 19.9 Å². The van der Waals surface area contributed by atoms with Crippen molar-refractivity contribution in [3.8, 4) is 0 Å². The number of anilines is 1. The fraction of sp³-hybridized carbons (Fsp3) is 0.583. The average Bonchev–Trinajstić information content (AvgIpc) is 2.77. The molecule has 3 rings (SSSR count). The van der Waals surface area contributed by atoms with Gasteiger partial charge in [-0.25, -0.2) is 15.0 Å². The van der Waals surface area contributed by atoms with Crippen molar-refractivity contribution in [2.45, 2.75) is 32.6 Å². The van der Waals surface area contributed by atoms with Gasteiger partial charge in [0.1, 0.15) is 11.8 Å². The van der Waals surface area contributed by atoms with E-state index in [2.05, 4.69) is 32.2 Å². The second kappa shape index (κ2) is 3.98. The maximum Gasteiger partial charge on any atom is 0.182 e. The van der Waals surface area contributed by atoms with Crippen LogP contribution in [0.25, 0.3) is 11.2 Å². The lowest BCUT2D eigenvalue weighted by Gasteiger charge is -2.41. The third-order valence-electron chi connectivity index (χ3n) is 4.02. The molecule has 2 aromatic heterocycles. The lowest BCUT2D eigenvalue weighted by Crippen LogP contribution is -2.36. The van der Waals surface area contributed by atoms with Crippen LogP contribution in [0.3, 0.4) is 0 Å². The summed E-state index contributed by atoms with van der Waals surface area (Å²) in [5.41, 5.74) is 2.11. The molecule has 0 bridgehead atoms. The Morgan fingerprint density at radius 3 is 2.94 bits per heavy atom. The van der Waals surface area contributed by atoms with Gasteiger partial charge >= 0.3 is 0 Å². The second-order valence-corrected chi connectivity index (χ2v) is 4.88.